The number of benzene rings is 1. The molecule has 2 rings (SSSR count). The fourth-order valence-corrected chi connectivity index (χ4v) is 1.71. The summed E-state index contributed by atoms with van der Waals surface area (Å²) in [4.78, 5) is 3.90. The van der Waals surface area contributed by atoms with E-state index in [1.54, 1.807) is 4.57 Å². The number of nitriles is 2. The molecule has 0 aliphatic heterocycles. The molecule has 0 unspecified atom stereocenters. The minimum atomic E-state index is 0.181. The first-order valence-corrected chi connectivity index (χ1v) is 5.15. The number of hydrogen-bond donors (Lipinski definition) is 0. The molecule has 82 valence electrons. The van der Waals surface area contributed by atoms with Crippen molar-refractivity contribution in [2.45, 2.75) is 13.5 Å². The van der Waals surface area contributed by atoms with Gasteiger partial charge in [-0.05, 0) is 12.5 Å². The maximum absolute atomic E-state index is 8.99. The fraction of sp³-hybridized carbons (Fsp3) is 0.154. The van der Waals surface area contributed by atoms with E-state index in [1.807, 2.05) is 43.3 Å². The van der Waals surface area contributed by atoms with E-state index >= 15 is 0 Å². The van der Waals surface area contributed by atoms with Crippen molar-refractivity contribution < 1.29 is 0 Å². The Morgan fingerprint density at radius 2 is 2.12 bits per heavy atom. The molecule has 0 saturated heterocycles. The normalized spacial score (nSPS) is 9.59. The number of nitrogens with zero attached hydrogens (tertiary/aromatic N) is 4. The van der Waals surface area contributed by atoms with Crippen LogP contribution >= 0.6 is 0 Å². The second-order valence-corrected chi connectivity index (χ2v) is 3.78. The van der Waals surface area contributed by atoms with Gasteiger partial charge in [0, 0.05) is 6.54 Å². The van der Waals surface area contributed by atoms with Crippen molar-refractivity contribution in [1.82, 2.24) is 9.55 Å². The number of hydrogen-bond acceptors (Lipinski definition) is 3. The average molecular weight is 222 g/mol. The van der Waals surface area contributed by atoms with Crippen LogP contribution < -0.4 is 0 Å². The van der Waals surface area contributed by atoms with Crippen LogP contribution in [0.5, 0.6) is 0 Å². The van der Waals surface area contributed by atoms with Gasteiger partial charge in [0.1, 0.15) is 12.1 Å². The van der Waals surface area contributed by atoms with Gasteiger partial charge < -0.3 is 4.57 Å². The van der Waals surface area contributed by atoms with E-state index in [4.69, 9.17) is 10.5 Å². The molecular formula is C13H10N4. The van der Waals surface area contributed by atoms with Crippen molar-refractivity contribution in [3.63, 3.8) is 0 Å². The van der Waals surface area contributed by atoms with Gasteiger partial charge in [0.2, 0.25) is 0 Å². The predicted octanol–water partition coefficient (Wildman–Crippen LogP) is 1.98. The van der Waals surface area contributed by atoms with Crippen molar-refractivity contribution in [2.75, 3.05) is 0 Å². The van der Waals surface area contributed by atoms with Crippen molar-refractivity contribution in [3.05, 3.63) is 53.1 Å². The van der Waals surface area contributed by atoms with Gasteiger partial charge in [-0.15, -0.1) is 0 Å². The Balaban J connectivity index is 2.35. The van der Waals surface area contributed by atoms with Crippen molar-refractivity contribution in [1.29, 1.82) is 10.5 Å². The molecule has 0 N–H and O–H groups in total. The highest BCUT2D eigenvalue weighted by Gasteiger charge is 2.09. The smallest absolute Gasteiger partial charge is 0.176 e. The molecule has 1 aromatic heterocycles. The molecule has 0 aliphatic rings. The Kier molecular flexibility index (Phi) is 2.89. The van der Waals surface area contributed by atoms with Gasteiger partial charge >= 0.3 is 0 Å². The highest BCUT2D eigenvalue weighted by Crippen LogP contribution is 2.10. The second-order valence-electron chi connectivity index (χ2n) is 3.78. The van der Waals surface area contributed by atoms with E-state index in [0.29, 0.717) is 12.2 Å². The lowest BCUT2D eigenvalue weighted by atomic mass is 10.1. The van der Waals surface area contributed by atoms with Gasteiger partial charge in [-0.2, -0.15) is 10.5 Å². The Hall–Kier alpha value is -2.59. The molecule has 4 nitrogen and oxygen atoms in total. The van der Waals surface area contributed by atoms with Gasteiger partial charge in [0.15, 0.2) is 11.4 Å². The molecule has 1 aromatic carbocycles. The second kappa shape index (κ2) is 4.51. The van der Waals surface area contributed by atoms with E-state index in [9.17, 15) is 0 Å². The summed E-state index contributed by atoms with van der Waals surface area (Å²) in [5.41, 5.74) is 2.75. The summed E-state index contributed by atoms with van der Waals surface area (Å²) >= 11 is 0. The standard InChI is InChI=1S/C13H10N4/c1-10-3-2-4-11(5-10)8-17-9-16-12(6-14)13(17)7-15/h2-5,9H,8H2,1H3. The lowest BCUT2D eigenvalue weighted by Crippen LogP contribution is -2.01. The summed E-state index contributed by atoms with van der Waals surface area (Å²) < 4.78 is 1.69. The molecule has 17 heavy (non-hydrogen) atoms. The van der Waals surface area contributed by atoms with Crippen molar-refractivity contribution >= 4 is 0 Å². The molecule has 0 atom stereocenters. The minimum Gasteiger partial charge on any atom is -0.317 e. The van der Waals surface area contributed by atoms with E-state index in [1.165, 1.54) is 11.9 Å². The Labute approximate surface area is 99.4 Å². The molecule has 0 fully saturated rings. The summed E-state index contributed by atoms with van der Waals surface area (Å²) in [5, 5.41) is 17.8. The summed E-state index contributed by atoms with van der Waals surface area (Å²) in [6.45, 7) is 2.57. The molecule has 0 radical (unpaired) electrons. The molecule has 2 aromatic rings. The van der Waals surface area contributed by atoms with E-state index in [2.05, 4.69) is 4.98 Å². The average Bonchev–Trinajstić information content (AvgIpc) is 2.71. The molecule has 0 amide bonds. The zero-order chi connectivity index (χ0) is 12.3. The first-order valence-electron chi connectivity index (χ1n) is 5.15. The Bertz CT molecular complexity index is 626. The number of aryl methyl sites for hydroxylation is 1. The van der Waals surface area contributed by atoms with Gasteiger partial charge in [-0.1, -0.05) is 29.8 Å². The lowest BCUT2D eigenvalue weighted by Gasteiger charge is -2.04. The largest absolute Gasteiger partial charge is 0.317 e. The topological polar surface area (TPSA) is 65.4 Å². The van der Waals surface area contributed by atoms with Crippen LogP contribution in [0.15, 0.2) is 30.6 Å². The third-order valence-electron chi connectivity index (χ3n) is 2.48. The van der Waals surface area contributed by atoms with Crippen LogP contribution in [0, 0.1) is 29.6 Å². The van der Waals surface area contributed by atoms with E-state index < -0.39 is 0 Å². The summed E-state index contributed by atoms with van der Waals surface area (Å²) in [7, 11) is 0. The summed E-state index contributed by atoms with van der Waals surface area (Å²) in [5.74, 6) is 0. The van der Waals surface area contributed by atoms with Gasteiger partial charge in [0.25, 0.3) is 0 Å². The Morgan fingerprint density at radius 3 is 2.76 bits per heavy atom. The molecule has 1 heterocycles. The lowest BCUT2D eigenvalue weighted by molar-refractivity contribution is 0.785. The molecule has 0 aliphatic carbocycles. The monoisotopic (exact) mass is 222 g/mol. The summed E-state index contributed by atoms with van der Waals surface area (Å²) in [6, 6.07) is 11.9. The maximum Gasteiger partial charge on any atom is 0.176 e. The van der Waals surface area contributed by atoms with E-state index in [0.717, 1.165) is 5.56 Å². The highest BCUT2D eigenvalue weighted by molar-refractivity contribution is 5.37. The molecule has 0 saturated carbocycles. The zero-order valence-electron chi connectivity index (χ0n) is 9.38. The van der Waals surface area contributed by atoms with Crippen LogP contribution in [-0.2, 0) is 6.54 Å². The fourth-order valence-electron chi connectivity index (χ4n) is 1.71. The minimum absolute atomic E-state index is 0.181. The Morgan fingerprint density at radius 1 is 1.29 bits per heavy atom. The third kappa shape index (κ3) is 2.16. The first kappa shape index (κ1) is 10.9. The zero-order valence-corrected chi connectivity index (χ0v) is 9.38. The van der Waals surface area contributed by atoms with Crippen LogP contribution in [0.3, 0.4) is 0 Å². The number of imidazole rings is 1. The van der Waals surface area contributed by atoms with Crippen LogP contribution in [-0.4, -0.2) is 9.55 Å². The first-order chi connectivity index (χ1) is 8.24. The van der Waals surface area contributed by atoms with Crippen LogP contribution in [0.1, 0.15) is 22.5 Å². The molecule has 0 bridgehead atoms. The highest BCUT2D eigenvalue weighted by atomic mass is 15.1. The van der Waals surface area contributed by atoms with Crippen LogP contribution in [0.4, 0.5) is 0 Å². The van der Waals surface area contributed by atoms with E-state index in [-0.39, 0.29) is 5.69 Å². The summed E-state index contributed by atoms with van der Waals surface area (Å²) in [6.07, 6.45) is 1.53. The third-order valence-corrected chi connectivity index (χ3v) is 2.48. The van der Waals surface area contributed by atoms with Gasteiger partial charge in [-0.25, -0.2) is 4.98 Å². The molecular weight excluding hydrogens is 212 g/mol. The van der Waals surface area contributed by atoms with Crippen molar-refractivity contribution in [2.24, 2.45) is 0 Å². The van der Waals surface area contributed by atoms with Crippen LogP contribution in [0.25, 0.3) is 0 Å². The molecule has 0 spiro atoms. The number of rotatable bonds is 2. The number of aromatic nitrogens is 2. The maximum atomic E-state index is 8.99. The van der Waals surface area contributed by atoms with Gasteiger partial charge in [0.05, 0.1) is 6.33 Å². The van der Waals surface area contributed by atoms with Gasteiger partial charge in [-0.3, -0.25) is 0 Å². The molecule has 4 heteroatoms. The quantitative estimate of drug-likeness (QED) is 0.780. The van der Waals surface area contributed by atoms with Crippen LogP contribution in [0.2, 0.25) is 0 Å². The predicted molar refractivity (Wildman–Crippen MR) is 61.9 cm³/mol. The van der Waals surface area contributed by atoms with Crippen molar-refractivity contribution in [3.8, 4) is 12.1 Å². The SMILES string of the molecule is Cc1cccc(Cn2cnc(C#N)c2C#N)c1.